The van der Waals surface area contributed by atoms with Crippen molar-refractivity contribution in [2.75, 3.05) is 5.88 Å². The standard InChI is InChI=1S/C9H16Cl2/c1-3-9(11)7-8(2)5-4-6-10/h5,9H,3-4,6-7H2,1-2H3. The Hall–Kier alpha value is 0.320. The summed E-state index contributed by atoms with van der Waals surface area (Å²) in [6.07, 6.45) is 5.15. The van der Waals surface area contributed by atoms with Gasteiger partial charge < -0.3 is 0 Å². The minimum Gasteiger partial charge on any atom is -0.126 e. The smallest absolute Gasteiger partial charge is 0.0370 e. The average molecular weight is 195 g/mol. The normalized spacial score (nSPS) is 15.1. The molecule has 0 radical (unpaired) electrons. The zero-order valence-electron chi connectivity index (χ0n) is 7.24. The molecule has 0 fully saturated rings. The predicted molar refractivity (Wildman–Crippen MR) is 53.6 cm³/mol. The molecule has 0 aromatic carbocycles. The average Bonchev–Trinajstić information content (AvgIpc) is 2.00. The number of rotatable bonds is 5. The van der Waals surface area contributed by atoms with Crippen molar-refractivity contribution in [1.29, 1.82) is 0 Å². The van der Waals surface area contributed by atoms with Crippen LogP contribution in [0.1, 0.15) is 33.1 Å². The Balaban J connectivity index is 3.57. The third kappa shape index (κ3) is 6.71. The maximum Gasteiger partial charge on any atom is 0.0370 e. The Morgan fingerprint density at radius 3 is 2.64 bits per heavy atom. The van der Waals surface area contributed by atoms with Gasteiger partial charge in [-0.05, 0) is 26.2 Å². The van der Waals surface area contributed by atoms with Gasteiger partial charge in [0, 0.05) is 11.3 Å². The van der Waals surface area contributed by atoms with Crippen molar-refractivity contribution in [3.8, 4) is 0 Å². The van der Waals surface area contributed by atoms with E-state index in [0.717, 1.165) is 19.3 Å². The molecule has 0 aliphatic carbocycles. The summed E-state index contributed by atoms with van der Waals surface area (Å²) >= 11 is 11.5. The molecule has 1 unspecified atom stereocenters. The van der Waals surface area contributed by atoms with Gasteiger partial charge in [-0.15, -0.1) is 23.2 Å². The first-order chi connectivity index (χ1) is 5.20. The highest BCUT2D eigenvalue weighted by Gasteiger charge is 2.00. The second-order valence-electron chi connectivity index (χ2n) is 2.74. The molecular weight excluding hydrogens is 179 g/mol. The Bertz CT molecular complexity index is 119. The Labute approximate surface area is 79.6 Å². The highest BCUT2D eigenvalue weighted by molar-refractivity contribution is 6.20. The van der Waals surface area contributed by atoms with Gasteiger partial charge >= 0.3 is 0 Å². The van der Waals surface area contributed by atoms with Crippen molar-refractivity contribution in [1.82, 2.24) is 0 Å². The van der Waals surface area contributed by atoms with Gasteiger partial charge in [-0.3, -0.25) is 0 Å². The van der Waals surface area contributed by atoms with Crippen LogP contribution in [0.3, 0.4) is 0 Å². The minimum absolute atomic E-state index is 0.293. The fraction of sp³-hybridized carbons (Fsp3) is 0.778. The van der Waals surface area contributed by atoms with Crippen LogP contribution in [0, 0.1) is 0 Å². The van der Waals surface area contributed by atoms with Crippen LogP contribution in [0.4, 0.5) is 0 Å². The molecule has 0 spiro atoms. The Kier molecular flexibility index (Phi) is 7.20. The summed E-state index contributed by atoms with van der Waals surface area (Å²) in [4.78, 5) is 0. The second kappa shape index (κ2) is 7.00. The van der Waals surface area contributed by atoms with Crippen molar-refractivity contribution < 1.29 is 0 Å². The van der Waals surface area contributed by atoms with E-state index >= 15 is 0 Å². The minimum atomic E-state index is 0.293. The van der Waals surface area contributed by atoms with Crippen LogP contribution in [0.5, 0.6) is 0 Å². The van der Waals surface area contributed by atoms with E-state index < -0.39 is 0 Å². The maximum absolute atomic E-state index is 5.97. The number of hydrogen-bond acceptors (Lipinski definition) is 0. The maximum atomic E-state index is 5.97. The Morgan fingerprint density at radius 1 is 1.55 bits per heavy atom. The quantitative estimate of drug-likeness (QED) is 0.460. The summed E-state index contributed by atoms with van der Waals surface area (Å²) in [5.74, 6) is 0.705. The second-order valence-corrected chi connectivity index (χ2v) is 3.73. The summed E-state index contributed by atoms with van der Waals surface area (Å²) < 4.78 is 0. The van der Waals surface area contributed by atoms with Gasteiger partial charge in [-0.2, -0.15) is 0 Å². The van der Waals surface area contributed by atoms with Crippen LogP contribution in [-0.4, -0.2) is 11.3 Å². The molecular formula is C9H16Cl2. The van der Waals surface area contributed by atoms with Gasteiger partial charge in [0.25, 0.3) is 0 Å². The van der Waals surface area contributed by atoms with Crippen LogP contribution >= 0.6 is 23.2 Å². The van der Waals surface area contributed by atoms with Gasteiger partial charge in [0.05, 0.1) is 0 Å². The molecule has 11 heavy (non-hydrogen) atoms. The van der Waals surface area contributed by atoms with Crippen LogP contribution in [-0.2, 0) is 0 Å². The van der Waals surface area contributed by atoms with Crippen LogP contribution < -0.4 is 0 Å². The van der Waals surface area contributed by atoms with Crippen molar-refractivity contribution in [2.45, 2.75) is 38.5 Å². The Morgan fingerprint density at radius 2 is 2.18 bits per heavy atom. The van der Waals surface area contributed by atoms with E-state index in [2.05, 4.69) is 19.9 Å². The summed E-state index contributed by atoms with van der Waals surface area (Å²) in [5.41, 5.74) is 1.35. The summed E-state index contributed by atoms with van der Waals surface area (Å²) in [6, 6.07) is 0. The molecule has 0 aliphatic rings. The summed E-state index contributed by atoms with van der Waals surface area (Å²) in [6.45, 7) is 4.21. The van der Waals surface area contributed by atoms with Crippen LogP contribution in [0.25, 0.3) is 0 Å². The predicted octanol–water partition coefficient (Wildman–Crippen LogP) is 3.97. The molecule has 0 heterocycles. The lowest BCUT2D eigenvalue weighted by Gasteiger charge is -2.05. The topological polar surface area (TPSA) is 0 Å². The first kappa shape index (κ1) is 11.3. The lowest BCUT2D eigenvalue weighted by molar-refractivity contribution is 0.794. The molecule has 0 rings (SSSR count). The third-order valence-corrected chi connectivity index (χ3v) is 2.27. The van der Waals surface area contributed by atoms with Crippen LogP contribution in [0.2, 0.25) is 0 Å². The van der Waals surface area contributed by atoms with Crippen LogP contribution in [0.15, 0.2) is 11.6 Å². The van der Waals surface area contributed by atoms with E-state index in [4.69, 9.17) is 23.2 Å². The molecule has 0 saturated carbocycles. The van der Waals surface area contributed by atoms with E-state index in [-0.39, 0.29) is 0 Å². The zero-order chi connectivity index (χ0) is 8.69. The van der Waals surface area contributed by atoms with E-state index in [0.29, 0.717) is 11.3 Å². The molecule has 0 N–H and O–H groups in total. The van der Waals surface area contributed by atoms with E-state index in [1.54, 1.807) is 0 Å². The van der Waals surface area contributed by atoms with E-state index in [9.17, 15) is 0 Å². The molecule has 1 atom stereocenters. The third-order valence-electron chi connectivity index (χ3n) is 1.59. The van der Waals surface area contributed by atoms with Crippen molar-refractivity contribution in [3.05, 3.63) is 11.6 Å². The van der Waals surface area contributed by atoms with Gasteiger partial charge in [0.15, 0.2) is 0 Å². The summed E-state index contributed by atoms with van der Waals surface area (Å²) in [5, 5.41) is 0.293. The van der Waals surface area contributed by atoms with Gasteiger partial charge in [-0.25, -0.2) is 0 Å². The highest BCUT2D eigenvalue weighted by atomic mass is 35.5. The van der Waals surface area contributed by atoms with E-state index in [1.807, 2.05) is 0 Å². The van der Waals surface area contributed by atoms with Crippen molar-refractivity contribution in [3.63, 3.8) is 0 Å². The monoisotopic (exact) mass is 194 g/mol. The molecule has 0 amide bonds. The first-order valence-electron chi connectivity index (χ1n) is 4.06. The number of hydrogen-bond donors (Lipinski definition) is 0. The van der Waals surface area contributed by atoms with Gasteiger partial charge in [0.2, 0.25) is 0 Å². The molecule has 0 aromatic rings. The lowest BCUT2D eigenvalue weighted by Crippen LogP contribution is -1.96. The van der Waals surface area contributed by atoms with Gasteiger partial charge in [-0.1, -0.05) is 18.6 Å². The fourth-order valence-corrected chi connectivity index (χ4v) is 1.23. The number of alkyl halides is 2. The fourth-order valence-electron chi connectivity index (χ4n) is 0.878. The molecule has 0 aliphatic heterocycles. The summed E-state index contributed by atoms with van der Waals surface area (Å²) in [7, 11) is 0. The molecule has 0 bridgehead atoms. The zero-order valence-corrected chi connectivity index (χ0v) is 8.75. The first-order valence-corrected chi connectivity index (χ1v) is 5.03. The number of halogens is 2. The molecule has 0 aromatic heterocycles. The van der Waals surface area contributed by atoms with Gasteiger partial charge in [0.1, 0.15) is 0 Å². The molecule has 0 nitrogen and oxygen atoms in total. The highest BCUT2D eigenvalue weighted by Crippen LogP contribution is 2.13. The lowest BCUT2D eigenvalue weighted by atomic mass is 10.1. The molecule has 66 valence electrons. The van der Waals surface area contributed by atoms with Crippen molar-refractivity contribution in [2.24, 2.45) is 0 Å². The largest absolute Gasteiger partial charge is 0.126 e. The van der Waals surface area contributed by atoms with Crippen molar-refractivity contribution >= 4 is 23.2 Å². The van der Waals surface area contributed by atoms with E-state index in [1.165, 1.54) is 5.57 Å². The molecule has 0 saturated heterocycles. The SMILES string of the molecule is CCC(Cl)CC(C)=CCCCl. The number of allylic oxidation sites excluding steroid dienone is 2. The molecule has 2 heteroatoms.